The van der Waals surface area contributed by atoms with E-state index in [1.54, 1.807) is 0 Å². The first kappa shape index (κ1) is 23.0. The highest BCUT2D eigenvalue weighted by Crippen LogP contribution is 2.47. The molecule has 0 nitrogen and oxygen atoms in total. The van der Waals surface area contributed by atoms with E-state index in [9.17, 15) is 0 Å². The second-order valence-electron chi connectivity index (χ2n) is 10.7. The largest absolute Gasteiger partial charge is 0.0616 e. The molecule has 0 unspecified atom stereocenters. The molecule has 0 radical (unpaired) electrons. The third-order valence-corrected chi connectivity index (χ3v) is 8.65. The van der Waals surface area contributed by atoms with E-state index in [0.717, 1.165) is 6.42 Å². The highest BCUT2D eigenvalue weighted by molar-refractivity contribution is 6.26. The maximum absolute atomic E-state index is 2.35. The summed E-state index contributed by atoms with van der Waals surface area (Å²) in [6.07, 6.45) is 1.02. The van der Waals surface area contributed by atoms with E-state index < -0.39 is 0 Å². The summed E-state index contributed by atoms with van der Waals surface area (Å²) in [6, 6.07) is 51.6. The fourth-order valence-electron chi connectivity index (χ4n) is 6.85. The molecule has 8 aromatic rings. The third-order valence-electron chi connectivity index (χ3n) is 8.65. The fourth-order valence-corrected chi connectivity index (χ4v) is 6.85. The molecule has 188 valence electrons. The number of rotatable bonds is 3. The summed E-state index contributed by atoms with van der Waals surface area (Å²) < 4.78 is 0. The quantitative estimate of drug-likeness (QED) is 0.164. The predicted molar refractivity (Wildman–Crippen MR) is 174 cm³/mol. The van der Waals surface area contributed by atoms with Crippen LogP contribution in [0.5, 0.6) is 0 Å². The van der Waals surface area contributed by atoms with Crippen molar-refractivity contribution >= 4 is 53.9 Å². The van der Waals surface area contributed by atoms with Crippen molar-refractivity contribution in [3.63, 3.8) is 0 Å². The van der Waals surface area contributed by atoms with Crippen LogP contribution in [0.4, 0.5) is 0 Å². The standard InChI is InChI=1S/C40H28/c1-2-26-22-25-38(31-15-6-5-13-28(26)31)40-36-18-9-7-16-34(36)39(35-17-8-10-19-37(35)40)33-21-11-20-30-29-14-4-3-12-27(29)23-24-32(30)33/h3-25H,2H2,1H3. The van der Waals surface area contributed by atoms with Crippen LogP contribution in [0.1, 0.15) is 12.5 Å². The highest BCUT2D eigenvalue weighted by atomic mass is 14.2. The van der Waals surface area contributed by atoms with Crippen LogP contribution < -0.4 is 0 Å². The van der Waals surface area contributed by atoms with Crippen LogP contribution in [-0.4, -0.2) is 0 Å². The van der Waals surface area contributed by atoms with E-state index in [-0.39, 0.29) is 0 Å². The van der Waals surface area contributed by atoms with Crippen LogP contribution in [-0.2, 0) is 6.42 Å². The Hall–Kier alpha value is -4.94. The maximum Gasteiger partial charge on any atom is -0.00201 e. The van der Waals surface area contributed by atoms with E-state index in [0.29, 0.717) is 0 Å². The molecule has 0 atom stereocenters. The van der Waals surface area contributed by atoms with Gasteiger partial charge >= 0.3 is 0 Å². The van der Waals surface area contributed by atoms with Crippen LogP contribution in [0, 0.1) is 0 Å². The molecule has 0 amide bonds. The molecule has 0 aliphatic carbocycles. The van der Waals surface area contributed by atoms with Gasteiger partial charge in [-0.15, -0.1) is 0 Å². The third kappa shape index (κ3) is 3.33. The number of benzene rings is 8. The number of hydrogen-bond donors (Lipinski definition) is 0. The number of aryl methyl sites for hydroxylation is 1. The summed E-state index contributed by atoms with van der Waals surface area (Å²) in [5, 5.41) is 13.0. The zero-order valence-electron chi connectivity index (χ0n) is 22.5. The van der Waals surface area contributed by atoms with Gasteiger partial charge in [0.1, 0.15) is 0 Å². The number of hydrogen-bond acceptors (Lipinski definition) is 0. The van der Waals surface area contributed by atoms with Crippen molar-refractivity contribution < 1.29 is 0 Å². The van der Waals surface area contributed by atoms with Gasteiger partial charge in [-0.1, -0.05) is 146 Å². The molecule has 40 heavy (non-hydrogen) atoms. The molecule has 0 aromatic heterocycles. The van der Waals surface area contributed by atoms with Gasteiger partial charge in [0.15, 0.2) is 0 Å². The Morgan fingerprint density at radius 3 is 1.43 bits per heavy atom. The van der Waals surface area contributed by atoms with Crippen molar-refractivity contribution in [2.45, 2.75) is 13.3 Å². The van der Waals surface area contributed by atoms with Crippen molar-refractivity contribution in [3.05, 3.63) is 145 Å². The Labute approximate surface area is 234 Å². The Balaban J connectivity index is 1.54. The molecule has 0 N–H and O–H groups in total. The lowest BCUT2D eigenvalue weighted by atomic mass is 9.83. The molecule has 0 fully saturated rings. The van der Waals surface area contributed by atoms with Gasteiger partial charge in [-0.3, -0.25) is 0 Å². The zero-order chi connectivity index (χ0) is 26.6. The minimum Gasteiger partial charge on any atom is -0.0616 e. The summed E-state index contributed by atoms with van der Waals surface area (Å²) in [7, 11) is 0. The fraction of sp³-hybridized carbons (Fsp3) is 0.0500. The summed E-state index contributed by atoms with van der Waals surface area (Å²) in [6.45, 7) is 2.24. The lowest BCUT2D eigenvalue weighted by Crippen LogP contribution is -1.93. The lowest BCUT2D eigenvalue weighted by Gasteiger charge is -2.20. The Morgan fingerprint density at radius 1 is 0.325 bits per heavy atom. The average molecular weight is 509 g/mol. The van der Waals surface area contributed by atoms with Gasteiger partial charge in [0.25, 0.3) is 0 Å². The highest BCUT2D eigenvalue weighted by Gasteiger charge is 2.19. The van der Waals surface area contributed by atoms with Gasteiger partial charge < -0.3 is 0 Å². The van der Waals surface area contributed by atoms with Gasteiger partial charge in [-0.25, -0.2) is 0 Å². The molecule has 0 aliphatic heterocycles. The van der Waals surface area contributed by atoms with Crippen molar-refractivity contribution in [1.82, 2.24) is 0 Å². The number of fused-ring (bicyclic) bond motifs is 6. The molecule has 0 saturated heterocycles. The lowest BCUT2D eigenvalue weighted by molar-refractivity contribution is 1.16. The first-order valence-electron chi connectivity index (χ1n) is 14.2. The van der Waals surface area contributed by atoms with Crippen LogP contribution in [0.25, 0.3) is 76.1 Å². The minimum absolute atomic E-state index is 1.02. The SMILES string of the molecule is CCc1ccc(-c2c3ccccc3c(-c3cccc4c3ccc3ccccc34)c3ccccc23)c2ccccc12. The van der Waals surface area contributed by atoms with Crippen LogP contribution in [0.2, 0.25) is 0 Å². The molecule has 0 bridgehead atoms. The Morgan fingerprint density at radius 2 is 0.800 bits per heavy atom. The van der Waals surface area contributed by atoms with E-state index in [1.807, 2.05) is 0 Å². The molecule has 8 rings (SSSR count). The van der Waals surface area contributed by atoms with Crippen LogP contribution in [0.3, 0.4) is 0 Å². The van der Waals surface area contributed by atoms with E-state index in [1.165, 1.54) is 81.7 Å². The summed E-state index contributed by atoms with van der Waals surface area (Å²) in [5.74, 6) is 0. The molecule has 0 saturated carbocycles. The van der Waals surface area contributed by atoms with E-state index in [4.69, 9.17) is 0 Å². The molecular formula is C40H28. The van der Waals surface area contributed by atoms with Gasteiger partial charge in [0.05, 0.1) is 0 Å². The van der Waals surface area contributed by atoms with Gasteiger partial charge in [0, 0.05) is 0 Å². The molecule has 0 heterocycles. The van der Waals surface area contributed by atoms with E-state index >= 15 is 0 Å². The minimum atomic E-state index is 1.02. The van der Waals surface area contributed by atoms with Crippen LogP contribution >= 0.6 is 0 Å². The second-order valence-corrected chi connectivity index (χ2v) is 10.7. The van der Waals surface area contributed by atoms with Gasteiger partial charge in [0.2, 0.25) is 0 Å². The van der Waals surface area contributed by atoms with Gasteiger partial charge in [-0.2, -0.15) is 0 Å². The van der Waals surface area contributed by atoms with Crippen LogP contribution in [0.15, 0.2) is 140 Å². The molecule has 8 aromatic carbocycles. The first-order chi connectivity index (χ1) is 19.8. The summed E-state index contributed by atoms with van der Waals surface area (Å²) >= 11 is 0. The topological polar surface area (TPSA) is 0 Å². The second kappa shape index (κ2) is 9.07. The van der Waals surface area contributed by atoms with E-state index in [2.05, 4.69) is 146 Å². The maximum atomic E-state index is 2.35. The van der Waals surface area contributed by atoms with Crippen molar-refractivity contribution in [1.29, 1.82) is 0 Å². The first-order valence-corrected chi connectivity index (χ1v) is 14.2. The normalized spacial score (nSPS) is 11.7. The van der Waals surface area contributed by atoms with Crippen molar-refractivity contribution in [2.24, 2.45) is 0 Å². The molecule has 0 aliphatic rings. The smallest absolute Gasteiger partial charge is 0.00201 e. The van der Waals surface area contributed by atoms with Crippen molar-refractivity contribution in [3.8, 4) is 22.3 Å². The Kier molecular flexibility index (Phi) is 5.21. The Bertz CT molecular complexity index is 2190. The van der Waals surface area contributed by atoms with Crippen molar-refractivity contribution in [2.75, 3.05) is 0 Å². The predicted octanol–water partition coefficient (Wildman–Crippen LogP) is 11.3. The monoisotopic (exact) mass is 508 g/mol. The average Bonchev–Trinajstić information content (AvgIpc) is 3.03. The molecule has 0 heteroatoms. The van der Waals surface area contributed by atoms with Gasteiger partial charge in [-0.05, 0) is 88.1 Å². The zero-order valence-corrected chi connectivity index (χ0v) is 22.5. The summed E-state index contributed by atoms with van der Waals surface area (Å²) in [4.78, 5) is 0. The molecular weight excluding hydrogens is 480 g/mol. The summed E-state index contributed by atoms with van der Waals surface area (Å²) in [5.41, 5.74) is 6.61. The molecule has 0 spiro atoms.